The summed E-state index contributed by atoms with van der Waals surface area (Å²) in [5.74, 6) is -0.609. The number of rotatable bonds is 6. The van der Waals surface area contributed by atoms with Gasteiger partial charge in [-0.05, 0) is 18.1 Å². The highest BCUT2D eigenvalue weighted by atomic mass is 16.6. The molecule has 0 aliphatic rings. The molecular weight excluding hydrogens is 264 g/mol. The summed E-state index contributed by atoms with van der Waals surface area (Å²) in [6, 6.07) is 3.88. The van der Waals surface area contributed by atoms with Crippen LogP contribution < -0.4 is 5.32 Å². The predicted octanol–water partition coefficient (Wildman–Crippen LogP) is 1.81. The molecule has 0 aliphatic heterocycles. The first-order valence-corrected chi connectivity index (χ1v) is 6.14. The maximum absolute atomic E-state index is 11.6. The van der Waals surface area contributed by atoms with E-state index in [4.69, 9.17) is 0 Å². The number of nitro benzene ring substituents is 1. The Kier molecular flexibility index (Phi) is 5.45. The van der Waals surface area contributed by atoms with Gasteiger partial charge in [-0.25, -0.2) is 4.79 Å². The number of nitrogens with zero attached hydrogens (tertiary/aromatic N) is 1. The van der Waals surface area contributed by atoms with Crippen molar-refractivity contribution in [3.63, 3.8) is 0 Å². The minimum Gasteiger partial charge on any atom is -0.465 e. The van der Waals surface area contributed by atoms with E-state index >= 15 is 0 Å². The van der Waals surface area contributed by atoms with Gasteiger partial charge < -0.3 is 15.2 Å². The fraction of sp³-hybridized carbons (Fsp3) is 0.462. The van der Waals surface area contributed by atoms with Gasteiger partial charge in [0.2, 0.25) is 0 Å². The molecular formula is C13H18N2O5. The molecule has 0 heterocycles. The highest BCUT2D eigenvalue weighted by molar-refractivity contribution is 5.95. The topological polar surface area (TPSA) is 102 Å². The van der Waals surface area contributed by atoms with Crippen LogP contribution in [0.4, 0.5) is 11.4 Å². The Morgan fingerprint density at radius 3 is 2.60 bits per heavy atom. The van der Waals surface area contributed by atoms with Crippen LogP contribution in [0.5, 0.6) is 0 Å². The lowest BCUT2D eigenvalue weighted by Gasteiger charge is -2.21. The average Bonchev–Trinajstić information content (AvgIpc) is 2.42. The van der Waals surface area contributed by atoms with Crippen molar-refractivity contribution < 1.29 is 19.6 Å². The number of esters is 1. The van der Waals surface area contributed by atoms with E-state index in [-0.39, 0.29) is 29.8 Å². The molecule has 7 heteroatoms. The molecule has 0 spiro atoms. The zero-order chi connectivity index (χ0) is 15.3. The number of methoxy groups -OCH3 is 1. The van der Waals surface area contributed by atoms with Crippen molar-refractivity contribution in [3.05, 3.63) is 33.9 Å². The molecule has 1 rings (SSSR count). The Balaban J connectivity index is 3.12. The first kappa shape index (κ1) is 15.9. The number of nitro groups is 1. The van der Waals surface area contributed by atoms with Gasteiger partial charge in [0, 0.05) is 11.8 Å². The summed E-state index contributed by atoms with van der Waals surface area (Å²) in [6.45, 7) is 3.78. The van der Waals surface area contributed by atoms with Gasteiger partial charge in [0.15, 0.2) is 0 Å². The normalized spacial score (nSPS) is 12.1. The summed E-state index contributed by atoms with van der Waals surface area (Å²) >= 11 is 0. The van der Waals surface area contributed by atoms with Gasteiger partial charge in [-0.15, -0.1) is 0 Å². The van der Waals surface area contributed by atoms with Gasteiger partial charge in [-0.1, -0.05) is 13.8 Å². The molecule has 0 radical (unpaired) electrons. The number of anilines is 1. The molecule has 0 amide bonds. The molecule has 7 nitrogen and oxygen atoms in total. The maximum Gasteiger partial charge on any atom is 0.344 e. The van der Waals surface area contributed by atoms with E-state index in [0.29, 0.717) is 5.69 Å². The van der Waals surface area contributed by atoms with E-state index in [9.17, 15) is 20.0 Å². The van der Waals surface area contributed by atoms with E-state index in [1.54, 1.807) is 0 Å². The van der Waals surface area contributed by atoms with E-state index < -0.39 is 10.9 Å². The van der Waals surface area contributed by atoms with Crippen LogP contribution in [0.2, 0.25) is 0 Å². The van der Waals surface area contributed by atoms with Crippen LogP contribution in [0, 0.1) is 16.0 Å². The third-order valence-corrected chi connectivity index (χ3v) is 2.95. The van der Waals surface area contributed by atoms with Crippen LogP contribution in [0.3, 0.4) is 0 Å². The maximum atomic E-state index is 11.6. The molecule has 0 aliphatic carbocycles. The minimum absolute atomic E-state index is 0.0811. The Labute approximate surface area is 116 Å². The molecule has 1 aromatic rings. The monoisotopic (exact) mass is 282 g/mol. The summed E-state index contributed by atoms with van der Waals surface area (Å²) in [5.41, 5.74) is 0.0826. The van der Waals surface area contributed by atoms with Crippen LogP contribution in [0.25, 0.3) is 0 Å². The summed E-state index contributed by atoms with van der Waals surface area (Å²) in [7, 11) is 1.16. The Morgan fingerprint density at radius 1 is 1.50 bits per heavy atom. The molecule has 0 unspecified atom stereocenters. The van der Waals surface area contributed by atoms with Crippen molar-refractivity contribution in [1.29, 1.82) is 0 Å². The van der Waals surface area contributed by atoms with Crippen molar-refractivity contribution in [2.24, 2.45) is 5.92 Å². The quantitative estimate of drug-likeness (QED) is 0.468. The van der Waals surface area contributed by atoms with Crippen LogP contribution >= 0.6 is 0 Å². The third-order valence-electron chi connectivity index (χ3n) is 2.95. The third kappa shape index (κ3) is 3.67. The largest absolute Gasteiger partial charge is 0.465 e. The summed E-state index contributed by atoms with van der Waals surface area (Å²) < 4.78 is 4.54. The molecule has 0 fully saturated rings. The smallest absolute Gasteiger partial charge is 0.344 e. The van der Waals surface area contributed by atoms with Crippen molar-refractivity contribution >= 4 is 17.3 Å². The molecule has 0 aromatic heterocycles. The van der Waals surface area contributed by atoms with Gasteiger partial charge in [-0.3, -0.25) is 10.1 Å². The summed E-state index contributed by atoms with van der Waals surface area (Å²) in [5, 5.41) is 23.2. The lowest BCUT2D eigenvalue weighted by molar-refractivity contribution is -0.385. The zero-order valence-corrected chi connectivity index (χ0v) is 11.6. The number of benzene rings is 1. The Hall–Kier alpha value is -2.15. The number of nitrogens with one attached hydrogen (secondary N) is 1. The van der Waals surface area contributed by atoms with Crippen LogP contribution in [0.1, 0.15) is 24.2 Å². The number of ether oxygens (including phenoxy) is 1. The fourth-order valence-corrected chi connectivity index (χ4v) is 1.70. The van der Waals surface area contributed by atoms with Gasteiger partial charge >= 0.3 is 5.97 Å². The van der Waals surface area contributed by atoms with Crippen LogP contribution in [0.15, 0.2) is 18.2 Å². The molecule has 0 saturated heterocycles. The summed E-state index contributed by atoms with van der Waals surface area (Å²) in [4.78, 5) is 21.8. The molecule has 0 bridgehead atoms. The van der Waals surface area contributed by atoms with Crippen LogP contribution in [-0.2, 0) is 4.74 Å². The number of carbonyl (C=O) groups is 1. The second-order valence-electron chi connectivity index (χ2n) is 4.66. The van der Waals surface area contributed by atoms with Crippen molar-refractivity contribution in [2.75, 3.05) is 19.0 Å². The minimum atomic E-state index is -0.773. The molecule has 2 N–H and O–H groups in total. The molecule has 0 saturated carbocycles. The molecule has 20 heavy (non-hydrogen) atoms. The average molecular weight is 282 g/mol. The number of carbonyl (C=O) groups excluding carboxylic acids is 1. The van der Waals surface area contributed by atoms with E-state index in [1.807, 2.05) is 13.8 Å². The Bertz CT molecular complexity index is 502. The molecule has 110 valence electrons. The number of aliphatic hydroxyl groups is 1. The Morgan fingerprint density at radius 2 is 2.15 bits per heavy atom. The lowest BCUT2D eigenvalue weighted by Crippen LogP contribution is -2.29. The van der Waals surface area contributed by atoms with Gasteiger partial charge in [0.25, 0.3) is 5.69 Å². The van der Waals surface area contributed by atoms with Gasteiger partial charge in [0.1, 0.15) is 5.56 Å². The first-order valence-electron chi connectivity index (χ1n) is 6.14. The SMILES string of the molecule is COC(=O)c1cc(N[C@H](CO)C(C)C)ccc1[N+](=O)[O-]. The summed E-state index contributed by atoms with van der Waals surface area (Å²) in [6.07, 6.45) is 0. The van der Waals surface area contributed by atoms with E-state index in [1.165, 1.54) is 18.2 Å². The van der Waals surface area contributed by atoms with Crippen LogP contribution in [-0.4, -0.2) is 35.8 Å². The van der Waals surface area contributed by atoms with Crippen molar-refractivity contribution in [3.8, 4) is 0 Å². The zero-order valence-electron chi connectivity index (χ0n) is 11.6. The van der Waals surface area contributed by atoms with E-state index in [0.717, 1.165) is 7.11 Å². The number of hydrogen-bond donors (Lipinski definition) is 2. The second kappa shape index (κ2) is 6.85. The van der Waals surface area contributed by atoms with Gasteiger partial charge in [-0.2, -0.15) is 0 Å². The van der Waals surface area contributed by atoms with Crippen molar-refractivity contribution in [2.45, 2.75) is 19.9 Å². The number of hydrogen-bond acceptors (Lipinski definition) is 6. The first-order chi connectivity index (χ1) is 9.40. The molecule has 1 aromatic carbocycles. The van der Waals surface area contributed by atoms with Crippen molar-refractivity contribution in [1.82, 2.24) is 0 Å². The molecule has 1 atom stereocenters. The van der Waals surface area contributed by atoms with E-state index in [2.05, 4.69) is 10.1 Å². The predicted molar refractivity (Wildman–Crippen MR) is 73.8 cm³/mol. The lowest BCUT2D eigenvalue weighted by atomic mass is 10.0. The fourth-order valence-electron chi connectivity index (χ4n) is 1.70. The highest BCUT2D eigenvalue weighted by Gasteiger charge is 2.22. The standard InChI is InChI=1S/C13H18N2O5/c1-8(2)11(7-16)14-9-4-5-12(15(18)19)10(6-9)13(17)20-3/h4-6,8,11,14,16H,7H2,1-3H3/t11-/m1/s1. The number of aliphatic hydroxyl groups excluding tert-OH is 1. The second-order valence-corrected chi connectivity index (χ2v) is 4.66. The highest BCUT2D eigenvalue weighted by Crippen LogP contribution is 2.24. The van der Waals surface area contributed by atoms with Gasteiger partial charge in [0.05, 0.1) is 24.7 Å².